The van der Waals surface area contributed by atoms with Crippen LogP contribution in [0.3, 0.4) is 0 Å². The molecule has 1 N–H and O–H groups in total. The first kappa shape index (κ1) is 14.8. The summed E-state index contributed by atoms with van der Waals surface area (Å²) in [5.74, 6) is -2.68. The molecule has 0 aliphatic carbocycles. The highest BCUT2D eigenvalue weighted by molar-refractivity contribution is 5.90. The van der Waals surface area contributed by atoms with Crippen molar-refractivity contribution in [2.45, 2.75) is 6.18 Å². The van der Waals surface area contributed by atoms with Crippen molar-refractivity contribution in [1.82, 2.24) is 4.98 Å². The average molecular weight is 301 g/mol. The van der Waals surface area contributed by atoms with Crippen LogP contribution < -0.4 is 4.74 Å². The van der Waals surface area contributed by atoms with E-state index in [1.165, 1.54) is 0 Å². The van der Waals surface area contributed by atoms with Crippen molar-refractivity contribution in [2.24, 2.45) is 0 Å². The van der Waals surface area contributed by atoms with Crippen molar-refractivity contribution in [3.63, 3.8) is 0 Å². The van der Waals surface area contributed by atoms with E-state index in [1.807, 2.05) is 0 Å². The minimum atomic E-state index is -4.53. The summed E-state index contributed by atoms with van der Waals surface area (Å²) in [7, 11) is 0. The number of carboxylic acids is 1. The first-order valence-electron chi connectivity index (χ1n) is 5.51. The SMILES string of the molecule is O=C(O)c1cc(F)ccc1Oc1ccc(C(F)(F)F)cn1. The Bertz CT molecular complexity index is 668. The third kappa shape index (κ3) is 3.47. The second kappa shape index (κ2) is 5.39. The van der Waals surface area contributed by atoms with E-state index in [2.05, 4.69) is 4.98 Å². The molecule has 0 bridgehead atoms. The Hall–Kier alpha value is -2.64. The van der Waals surface area contributed by atoms with Crippen molar-refractivity contribution < 1.29 is 32.2 Å². The smallest absolute Gasteiger partial charge is 0.417 e. The minimum Gasteiger partial charge on any atom is -0.478 e. The lowest BCUT2D eigenvalue weighted by Gasteiger charge is -2.09. The average Bonchev–Trinajstić information content (AvgIpc) is 2.40. The first-order chi connectivity index (χ1) is 9.77. The summed E-state index contributed by atoms with van der Waals surface area (Å²) in [5.41, 5.74) is -1.43. The number of rotatable bonds is 3. The maximum atomic E-state index is 13.0. The number of benzene rings is 1. The quantitative estimate of drug-likeness (QED) is 0.878. The van der Waals surface area contributed by atoms with Crippen LogP contribution in [0.4, 0.5) is 17.6 Å². The molecule has 4 nitrogen and oxygen atoms in total. The Morgan fingerprint density at radius 2 is 1.90 bits per heavy atom. The zero-order valence-electron chi connectivity index (χ0n) is 10.2. The van der Waals surface area contributed by atoms with Gasteiger partial charge in [0.05, 0.1) is 5.56 Å². The van der Waals surface area contributed by atoms with E-state index in [0.717, 1.165) is 30.3 Å². The first-order valence-corrected chi connectivity index (χ1v) is 5.51. The third-order valence-electron chi connectivity index (χ3n) is 2.45. The number of nitrogens with zero attached hydrogens (tertiary/aromatic N) is 1. The van der Waals surface area contributed by atoms with E-state index in [0.29, 0.717) is 6.20 Å². The zero-order chi connectivity index (χ0) is 15.6. The van der Waals surface area contributed by atoms with Crippen LogP contribution in [0.2, 0.25) is 0 Å². The highest BCUT2D eigenvalue weighted by atomic mass is 19.4. The maximum Gasteiger partial charge on any atom is 0.417 e. The topological polar surface area (TPSA) is 59.4 Å². The van der Waals surface area contributed by atoms with Gasteiger partial charge in [0.15, 0.2) is 0 Å². The molecule has 0 saturated heterocycles. The zero-order valence-corrected chi connectivity index (χ0v) is 10.2. The molecule has 1 aromatic heterocycles. The van der Waals surface area contributed by atoms with Gasteiger partial charge in [-0.3, -0.25) is 0 Å². The molecule has 0 unspecified atom stereocenters. The van der Waals surface area contributed by atoms with E-state index in [4.69, 9.17) is 9.84 Å². The number of hydrogen-bond acceptors (Lipinski definition) is 3. The minimum absolute atomic E-state index is 0.226. The van der Waals surface area contributed by atoms with E-state index < -0.39 is 29.1 Å². The number of hydrogen-bond donors (Lipinski definition) is 1. The third-order valence-corrected chi connectivity index (χ3v) is 2.45. The van der Waals surface area contributed by atoms with Gasteiger partial charge in [0.1, 0.15) is 17.1 Å². The fourth-order valence-electron chi connectivity index (χ4n) is 1.48. The standard InChI is InChI=1S/C13H7F4NO3/c14-8-2-3-10(9(5-8)12(19)20)21-11-4-1-7(6-18-11)13(15,16)17/h1-6H,(H,19,20). The maximum absolute atomic E-state index is 13.0. The molecule has 0 radical (unpaired) electrons. The van der Waals surface area contributed by atoms with Crippen molar-refractivity contribution >= 4 is 5.97 Å². The molecule has 8 heteroatoms. The highest BCUT2D eigenvalue weighted by Gasteiger charge is 2.30. The Kier molecular flexibility index (Phi) is 3.79. The molecule has 0 amide bonds. The number of aromatic carboxylic acids is 1. The number of aromatic nitrogens is 1. The van der Waals surface area contributed by atoms with E-state index in [9.17, 15) is 22.4 Å². The van der Waals surface area contributed by atoms with Crippen LogP contribution >= 0.6 is 0 Å². The molecule has 0 spiro atoms. The molecule has 110 valence electrons. The van der Waals surface area contributed by atoms with Gasteiger partial charge >= 0.3 is 12.1 Å². The number of alkyl halides is 3. The molecule has 0 aliphatic rings. The van der Waals surface area contributed by atoms with Crippen LogP contribution in [-0.4, -0.2) is 16.1 Å². The summed E-state index contributed by atoms with van der Waals surface area (Å²) in [6, 6.07) is 4.44. The van der Waals surface area contributed by atoms with Gasteiger partial charge in [0.25, 0.3) is 0 Å². The molecule has 1 aromatic carbocycles. The Morgan fingerprint density at radius 3 is 2.43 bits per heavy atom. The van der Waals surface area contributed by atoms with Crippen molar-refractivity contribution in [3.05, 3.63) is 53.5 Å². The molecule has 1 heterocycles. The summed E-state index contributed by atoms with van der Waals surface area (Å²) >= 11 is 0. The van der Waals surface area contributed by atoms with E-state index >= 15 is 0 Å². The van der Waals surface area contributed by atoms with Crippen molar-refractivity contribution in [3.8, 4) is 11.6 Å². The molecular weight excluding hydrogens is 294 g/mol. The molecule has 0 fully saturated rings. The summed E-state index contributed by atoms with van der Waals surface area (Å²) < 4.78 is 55.1. The number of pyridine rings is 1. The molecule has 0 aliphatic heterocycles. The predicted molar refractivity (Wildman–Crippen MR) is 62.7 cm³/mol. The number of carboxylic acid groups (broad SMARTS) is 1. The molecule has 2 aromatic rings. The van der Waals surface area contributed by atoms with Crippen LogP contribution in [0.25, 0.3) is 0 Å². The molecule has 2 rings (SSSR count). The monoisotopic (exact) mass is 301 g/mol. The Labute approximate surface area is 115 Å². The predicted octanol–water partition coefficient (Wildman–Crippen LogP) is 3.73. The molecular formula is C13H7F4NO3. The van der Waals surface area contributed by atoms with Crippen LogP contribution in [0.1, 0.15) is 15.9 Å². The second-order valence-corrected chi connectivity index (χ2v) is 3.93. The Morgan fingerprint density at radius 1 is 1.19 bits per heavy atom. The van der Waals surface area contributed by atoms with Crippen LogP contribution in [-0.2, 0) is 6.18 Å². The van der Waals surface area contributed by atoms with Gasteiger partial charge in [-0.05, 0) is 24.3 Å². The fourth-order valence-corrected chi connectivity index (χ4v) is 1.48. The summed E-state index contributed by atoms with van der Waals surface area (Å²) in [6.07, 6.45) is -3.98. The molecule has 0 saturated carbocycles. The fraction of sp³-hybridized carbons (Fsp3) is 0.0769. The van der Waals surface area contributed by atoms with Gasteiger partial charge in [-0.1, -0.05) is 0 Å². The van der Waals surface area contributed by atoms with Gasteiger partial charge < -0.3 is 9.84 Å². The summed E-state index contributed by atoms with van der Waals surface area (Å²) in [6.45, 7) is 0. The summed E-state index contributed by atoms with van der Waals surface area (Å²) in [5, 5.41) is 8.90. The Balaban J connectivity index is 2.28. The number of ether oxygens (including phenoxy) is 1. The van der Waals surface area contributed by atoms with E-state index in [1.54, 1.807) is 0 Å². The summed E-state index contributed by atoms with van der Waals surface area (Å²) in [4.78, 5) is 14.4. The lowest BCUT2D eigenvalue weighted by atomic mass is 10.2. The second-order valence-electron chi connectivity index (χ2n) is 3.93. The largest absolute Gasteiger partial charge is 0.478 e. The lowest BCUT2D eigenvalue weighted by molar-refractivity contribution is -0.137. The van der Waals surface area contributed by atoms with Crippen molar-refractivity contribution in [2.75, 3.05) is 0 Å². The van der Waals surface area contributed by atoms with Crippen LogP contribution in [0.15, 0.2) is 36.5 Å². The molecule has 21 heavy (non-hydrogen) atoms. The van der Waals surface area contributed by atoms with Crippen LogP contribution in [0, 0.1) is 5.82 Å². The highest BCUT2D eigenvalue weighted by Crippen LogP contribution is 2.30. The molecule has 0 atom stereocenters. The number of carbonyl (C=O) groups is 1. The van der Waals surface area contributed by atoms with Gasteiger partial charge in [0, 0.05) is 12.3 Å². The van der Waals surface area contributed by atoms with Gasteiger partial charge in [0.2, 0.25) is 5.88 Å². The lowest BCUT2D eigenvalue weighted by Crippen LogP contribution is -2.05. The van der Waals surface area contributed by atoms with Gasteiger partial charge in [-0.25, -0.2) is 14.2 Å². The number of halogens is 4. The van der Waals surface area contributed by atoms with E-state index in [-0.39, 0.29) is 11.6 Å². The van der Waals surface area contributed by atoms with Gasteiger partial charge in [-0.2, -0.15) is 13.2 Å². The van der Waals surface area contributed by atoms with Gasteiger partial charge in [-0.15, -0.1) is 0 Å². The van der Waals surface area contributed by atoms with Crippen molar-refractivity contribution in [1.29, 1.82) is 0 Å². The van der Waals surface area contributed by atoms with Crippen LogP contribution in [0.5, 0.6) is 11.6 Å². The normalized spacial score (nSPS) is 11.2.